The monoisotopic (exact) mass is 226 g/mol. The van der Waals surface area contributed by atoms with Crippen LogP contribution in [0.4, 0.5) is 0 Å². The molecule has 1 atom stereocenters. The minimum atomic E-state index is 0.598. The van der Waals surface area contributed by atoms with Crippen molar-refractivity contribution < 1.29 is 4.74 Å². The van der Waals surface area contributed by atoms with Gasteiger partial charge in [0.05, 0.1) is 6.61 Å². The van der Waals surface area contributed by atoms with E-state index in [0.717, 1.165) is 24.7 Å². The Morgan fingerprint density at radius 2 is 1.93 bits per heavy atom. The summed E-state index contributed by atoms with van der Waals surface area (Å²) < 4.78 is 5.63. The van der Waals surface area contributed by atoms with Crippen LogP contribution in [-0.4, -0.2) is 12.5 Å². The van der Waals surface area contributed by atoms with Crippen LogP contribution in [0.1, 0.15) is 26.2 Å². The summed E-state index contributed by atoms with van der Waals surface area (Å²) in [5.41, 5.74) is 0. The van der Waals surface area contributed by atoms with Gasteiger partial charge in [-0.2, -0.15) is 0 Å². The smallest absolute Gasteiger partial charge is 0.119 e. The van der Waals surface area contributed by atoms with Gasteiger partial charge >= 0.3 is 0 Å². The molecule has 0 aliphatic heterocycles. The van der Waals surface area contributed by atoms with E-state index in [2.05, 4.69) is 6.92 Å². The summed E-state index contributed by atoms with van der Waals surface area (Å²) in [6.45, 7) is 2.96. The highest BCUT2D eigenvalue weighted by Gasteiger charge is 2.05. The third-order valence-electron chi connectivity index (χ3n) is 2.45. The maximum atomic E-state index is 5.87. The van der Waals surface area contributed by atoms with E-state index in [4.69, 9.17) is 16.3 Å². The topological polar surface area (TPSA) is 9.23 Å². The first-order valence-electron chi connectivity index (χ1n) is 5.60. The zero-order valence-electron chi connectivity index (χ0n) is 9.29. The molecule has 1 rings (SSSR count). The molecule has 0 saturated carbocycles. The van der Waals surface area contributed by atoms with Gasteiger partial charge in [-0.25, -0.2) is 0 Å². The lowest BCUT2D eigenvalue weighted by Gasteiger charge is -2.13. The second kappa shape index (κ2) is 7.58. The Labute approximate surface area is 97.4 Å². The molecule has 1 nitrogen and oxygen atoms in total. The van der Waals surface area contributed by atoms with Crippen molar-refractivity contribution >= 4 is 11.6 Å². The molecule has 1 aromatic rings. The Balaban J connectivity index is 2.20. The zero-order chi connectivity index (χ0) is 10.9. The van der Waals surface area contributed by atoms with Crippen molar-refractivity contribution in [2.75, 3.05) is 12.5 Å². The molecule has 0 aromatic heterocycles. The van der Waals surface area contributed by atoms with Gasteiger partial charge in [-0.15, -0.1) is 11.6 Å². The molecule has 15 heavy (non-hydrogen) atoms. The lowest BCUT2D eigenvalue weighted by molar-refractivity contribution is 0.280. The van der Waals surface area contributed by atoms with E-state index in [1.807, 2.05) is 30.3 Å². The summed E-state index contributed by atoms with van der Waals surface area (Å²) in [5, 5.41) is 0. The lowest BCUT2D eigenvalue weighted by Crippen LogP contribution is -2.08. The van der Waals surface area contributed by atoms with Crippen molar-refractivity contribution in [1.29, 1.82) is 0 Å². The summed E-state index contributed by atoms with van der Waals surface area (Å²) >= 11 is 5.87. The fraction of sp³-hybridized carbons (Fsp3) is 0.538. The van der Waals surface area contributed by atoms with Gasteiger partial charge in [-0.1, -0.05) is 31.5 Å². The van der Waals surface area contributed by atoms with Crippen LogP contribution in [0, 0.1) is 5.92 Å². The van der Waals surface area contributed by atoms with Crippen molar-refractivity contribution in [3.05, 3.63) is 30.3 Å². The Hall–Kier alpha value is -0.690. The molecule has 2 heteroatoms. The summed E-state index contributed by atoms with van der Waals surface area (Å²) in [5.74, 6) is 2.29. The molecule has 0 heterocycles. The Morgan fingerprint density at radius 1 is 1.20 bits per heavy atom. The number of para-hydroxylation sites is 1. The van der Waals surface area contributed by atoms with E-state index >= 15 is 0 Å². The lowest BCUT2D eigenvalue weighted by atomic mass is 10.0. The number of rotatable bonds is 7. The molecular formula is C13H19ClO. The Bertz CT molecular complexity index is 248. The molecule has 1 unspecified atom stereocenters. The van der Waals surface area contributed by atoms with Crippen LogP contribution in [0.5, 0.6) is 5.75 Å². The Kier molecular flexibility index (Phi) is 6.26. The van der Waals surface area contributed by atoms with Crippen molar-refractivity contribution in [3.63, 3.8) is 0 Å². The van der Waals surface area contributed by atoms with Crippen molar-refractivity contribution in [2.45, 2.75) is 26.2 Å². The molecule has 0 amide bonds. The third kappa shape index (κ3) is 5.08. The highest BCUT2D eigenvalue weighted by molar-refractivity contribution is 6.18. The minimum absolute atomic E-state index is 0.598. The average molecular weight is 227 g/mol. The summed E-state index contributed by atoms with van der Waals surface area (Å²) in [4.78, 5) is 0. The molecular weight excluding hydrogens is 208 g/mol. The molecule has 0 N–H and O–H groups in total. The molecule has 0 saturated heterocycles. The second-order valence-electron chi connectivity index (χ2n) is 3.76. The van der Waals surface area contributed by atoms with E-state index < -0.39 is 0 Å². The Morgan fingerprint density at radius 3 is 2.53 bits per heavy atom. The van der Waals surface area contributed by atoms with E-state index in [1.165, 1.54) is 12.8 Å². The van der Waals surface area contributed by atoms with E-state index in [1.54, 1.807) is 0 Å². The largest absolute Gasteiger partial charge is 0.494 e. The van der Waals surface area contributed by atoms with Crippen LogP contribution < -0.4 is 4.74 Å². The quantitative estimate of drug-likeness (QED) is 0.636. The van der Waals surface area contributed by atoms with Gasteiger partial charge in [0.1, 0.15) is 5.75 Å². The van der Waals surface area contributed by atoms with Crippen LogP contribution in [0.25, 0.3) is 0 Å². The van der Waals surface area contributed by atoms with Crippen LogP contribution in [0.3, 0.4) is 0 Å². The molecule has 0 bridgehead atoms. The molecule has 84 valence electrons. The SMILES string of the molecule is CCCC(CCl)CCOc1ccccc1. The number of halogens is 1. The van der Waals surface area contributed by atoms with Crippen molar-refractivity contribution in [3.8, 4) is 5.75 Å². The molecule has 1 aromatic carbocycles. The zero-order valence-corrected chi connectivity index (χ0v) is 10.0. The average Bonchev–Trinajstić information content (AvgIpc) is 2.29. The van der Waals surface area contributed by atoms with Gasteiger partial charge in [0.25, 0.3) is 0 Å². The van der Waals surface area contributed by atoms with Crippen LogP contribution in [0.15, 0.2) is 30.3 Å². The third-order valence-corrected chi connectivity index (χ3v) is 2.89. The fourth-order valence-electron chi connectivity index (χ4n) is 1.57. The van der Waals surface area contributed by atoms with Gasteiger partial charge in [-0.05, 0) is 30.9 Å². The first kappa shape index (κ1) is 12.4. The van der Waals surface area contributed by atoms with Crippen LogP contribution in [-0.2, 0) is 0 Å². The maximum Gasteiger partial charge on any atom is 0.119 e. The van der Waals surface area contributed by atoms with Gasteiger partial charge in [0.2, 0.25) is 0 Å². The van der Waals surface area contributed by atoms with Crippen LogP contribution in [0.2, 0.25) is 0 Å². The number of alkyl halides is 1. The van der Waals surface area contributed by atoms with Crippen LogP contribution >= 0.6 is 11.6 Å². The first-order chi connectivity index (χ1) is 7.36. The second-order valence-corrected chi connectivity index (χ2v) is 4.07. The molecule has 0 spiro atoms. The molecule has 0 aliphatic carbocycles. The number of benzene rings is 1. The predicted molar refractivity (Wildman–Crippen MR) is 65.7 cm³/mol. The van der Waals surface area contributed by atoms with Gasteiger partial charge in [-0.3, -0.25) is 0 Å². The standard InChI is InChI=1S/C13H19ClO/c1-2-6-12(11-14)9-10-15-13-7-4-3-5-8-13/h3-5,7-8,12H,2,6,9-11H2,1H3. The summed E-state index contributed by atoms with van der Waals surface area (Å²) in [7, 11) is 0. The van der Waals surface area contributed by atoms with Crippen molar-refractivity contribution in [1.82, 2.24) is 0 Å². The van der Waals surface area contributed by atoms with E-state index in [9.17, 15) is 0 Å². The highest BCUT2D eigenvalue weighted by atomic mass is 35.5. The van der Waals surface area contributed by atoms with Gasteiger partial charge in [0, 0.05) is 5.88 Å². The fourth-order valence-corrected chi connectivity index (χ4v) is 1.88. The van der Waals surface area contributed by atoms with Gasteiger partial charge in [0.15, 0.2) is 0 Å². The predicted octanol–water partition coefficient (Wildman–Crippen LogP) is 4.11. The summed E-state index contributed by atoms with van der Waals surface area (Å²) in [6.07, 6.45) is 3.44. The maximum absolute atomic E-state index is 5.87. The normalized spacial score (nSPS) is 12.4. The molecule has 0 fully saturated rings. The highest BCUT2D eigenvalue weighted by Crippen LogP contribution is 2.15. The van der Waals surface area contributed by atoms with E-state index in [-0.39, 0.29) is 0 Å². The minimum Gasteiger partial charge on any atom is -0.494 e. The summed E-state index contributed by atoms with van der Waals surface area (Å²) in [6, 6.07) is 9.93. The number of ether oxygens (including phenoxy) is 1. The van der Waals surface area contributed by atoms with Gasteiger partial charge < -0.3 is 4.74 Å². The molecule has 0 radical (unpaired) electrons. The first-order valence-corrected chi connectivity index (χ1v) is 6.14. The van der Waals surface area contributed by atoms with E-state index in [0.29, 0.717) is 5.92 Å². The number of hydrogen-bond donors (Lipinski definition) is 0. The molecule has 0 aliphatic rings. The number of hydrogen-bond acceptors (Lipinski definition) is 1. The van der Waals surface area contributed by atoms with Crippen molar-refractivity contribution in [2.24, 2.45) is 5.92 Å².